The molecule has 10 heteroatoms. The second kappa shape index (κ2) is 7.77. The average Bonchev–Trinajstić information content (AvgIpc) is 3.00. The molecule has 28 heavy (non-hydrogen) atoms. The van der Waals surface area contributed by atoms with Crippen molar-refractivity contribution in [1.82, 2.24) is 4.90 Å². The molecule has 1 aliphatic heterocycles. The van der Waals surface area contributed by atoms with Gasteiger partial charge in [0.15, 0.2) is 6.10 Å². The van der Waals surface area contributed by atoms with Crippen LogP contribution in [0.25, 0.3) is 0 Å². The van der Waals surface area contributed by atoms with Crippen molar-refractivity contribution in [2.24, 2.45) is 17.6 Å². The van der Waals surface area contributed by atoms with E-state index in [1.165, 1.54) is 17.0 Å². The molecule has 0 spiro atoms. The highest BCUT2D eigenvalue weighted by Gasteiger charge is 2.46. The van der Waals surface area contributed by atoms with Crippen LogP contribution in [0.15, 0.2) is 18.2 Å². The smallest absolute Gasteiger partial charge is 0.411 e. The highest BCUT2D eigenvalue weighted by molar-refractivity contribution is 6.30. The lowest BCUT2D eigenvalue weighted by molar-refractivity contribution is -0.185. The molecule has 1 unspecified atom stereocenters. The number of nitrogens with zero attached hydrogens (tertiary/aromatic N) is 1. The molecular formula is C18H19ClF4N2O3. The van der Waals surface area contributed by atoms with Crippen LogP contribution in [-0.2, 0) is 9.53 Å². The molecule has 3 rings (SSSR count). The third-order valence-electron chi connectivity index (χ3n) is 5.46. The minimum atomic E-state index is -4.26. The molecule has 1 saturated heterocycles. The fourth-order valence-electron chi connectivity index (χ4n) is 4.02. The number of alkyl halides is 3. The standard InChI is InChI=1S/C18H19ClF4N2O3/c19-12-7-10(3-6-13(12)20)15(25-8-14(16(24)26)28-17(25)27)9-1-4-11(5-2-9)18(21,22)23/h3,6-7,9,11,14-15H,1-2,4-5,8H2,(H2,24,26)/t9?,11?,14?,15-/m0/s1. The van der Waals surface area contributed by atoms with Crippen molar-refractivity contribution in [3.05, 3.63) is 34.6 Å². The van der Waals surface area contributed by atoms with E-state index < -0.39 is 42.1 Å². The van der Waals surface area contributed by atoms with Gasteiger partial charge in [0.2, 0.25) is 0 Å². The van der Waals surface area contributed by atoms with Crippen molar-refractivity contribution in [1.29, 1.82) is 0 Å². The van der Waals surface area contributed by atoms with Gasteiger partial charge in [-0.15, -0.1) is 0 Å². The van der Waals surface area contributed by atoms with E-state index >= 15 is 0 Å². The Hall–Kier alpha value is -2.03. The Morgan fingerprint density at radius 2 is 1.89 bits per heavy atom. The molecule has 1 aromatic rings. The SMILES string of the molecule is NC(=O)C1CN([C@H](c2ccc(F)c(Cl)c2)C2CCC(C(F)(F)F)CC2)C(=O)O1. The topological polar surface area (TPSA) is 72.6 Å². The third-order valence-corrected chi connectivity index (χ3v) is 5.75. The van der Waals surface area contributed by atoms with Gasteiger partial charge < -0.3 is 10.5 Å². The summed E-state index contributed by atoms with van der Waals surface area (Å²) in [6.45, 7) is -0.118. The minimum Gasteiger partial charge on any atom is -0.434 e. The van der Waals surface area contributed by atoms with Gasteiger partial charge in [-0.3, -0.25) is 9.69 Å². The van der Waals surface area contributed by atoms with Crippen LogP contribution in [0.5, 0.6) is 0 Å². The highest BCUT2D eigenvalue weighted by atomic mass is 35.5. The second-order valence-electron chi connectivity index (χ2n) is 7.20. The molecule has 5 nitrogen and oxygen atoms in total. The van der Waals surface area contributed by atoms with Gasteiger partial charge in [-0.25, -0.2) is 9.18 Å². The Morgan fingerprint density at radius 3 is 2.39 bits per heavy atom. The first-order chi connectivity index (χ1) is 13.1. The fourth-order valence-corrected chi connectivity index (χ4v) is 4.21. The predicted molar refractivity (Wildman–Crippen MR) is 91.8 cm³/mol. The first-order valence-corrected chi connectivity index (χ1v) is 9.24. The van der Waals surface area contributed by atoms with Crippen LogP contribution in [0.3, 0.4) is 0 Å². The van der Waals surface area contributed by atoms with Crippen LogP contribution in [0.4, 0.5) is 22.4 Å². The maximum absolute atomic E-state index is 13.6. The Kier molecular flexibility index (Phi) is 5.74. The van der Waals surface area contributed by atoms with Gasteiger partial charge in [0.25, 0.3) is 5.91 Å². The van der Waals surface area contributed by atoms with E-state index in [0.717, 1.165) is 6.07 Å². The normalized spacial score (nSPS) is 26.8. The van der Waals surface area contributed by atoms with Gasteiger partial charge >= 0.3 is 12.3 Å². The minimum absolute atomic E-state index is 0.0677. The third kappa shape index (κ3) is 4.19. The number of ether oxygens (including phenoxy) is 1. The van der Waals surface area contributed by atoms with E-state index in [0.29, 0.717) is 5.56 Å². The van der Waals surface area contributed by atoms with Crippen LogP contribution in [0.1, 0.15) is 37.3 Å². The molecule has 2 aliphatic rings. The van der Waals surface area contributed by atoms with Gasteiger partial charge in [0, 0.05) is 0 Å². The van der Waals surface area contributed by atoms with Gasteiger partial charge in [-0.2, -0.15) is 13.2 Å². The number of benzene rings is 1. The van der Waals surface area contributed by atoms with Crippen molar-refractivity contribution >= 4 is 23.6 Å². The summed E-state index contributed by atoms with van der Waals surface area (Å²) in [6.07, 6.45) is -5.89. The molecule has 2 fully saturated rings. The van der Waals surface area contributed by atoms with Crippen molar-refractivity contribution < 1.29 is 31.9 Å². The number of rotatable bonds is 4. The molecule has 0 bridgehead atoms. The number of hydrogen-bond donors (Lipinski definition) is 1. The van der Waals surface area contributed by atoms with Crippen molar-refractivity contribution in [3.8, 4) is 0 Å². The maximum atomic E-state index is 13.6. The van der Waals surface area contributed by atoms with E-state index in [1.54, 1.807) is 0 Å². The number of hydrogen-bond acceptors (Lipinski definition) is 3. The first-order valence-electron chi connectivity index (χ1n) is 8.86. The number of cyclic esters (lactones) is 1. The van der Waals surface area contributed by atoms with Crippen LogP contribution in [0, 0.1) is 17.7 Å². The molecule has 2 atom stereocenters. The largest absolute Gasteiger partial charge is 0.434 e. The molecule has 2 amide bonds. The number of halogens is 5. The van der Waals surface area contributed by atoms with Gasteiger partial charge in [-0.05, 0) is 49.3 Å². The molecule has 2 N–H and O–H groups in total. The number of primary amides is 1. The van der Waals surface area contributed by atoms with Crippen LogP contribution < -0.4 is 5.73 Å². The zero-order valence-electron chi connectivity index (χ0n) is 14.7. The van der Waals surface area contributed by atoms with Crippen LogP contribution >= 0.6 is 11.6 Å². The lowest BCUT2D eigenvalue weighted by Gasteiger charge is -2.38. The van der Waals surface area contributed by atoms with E-state index in [2.05, 4.69) is 0 Å². The summed E-state index contributed by atoms with van der Waals surface area (Å²) in [4.78, 5) is 25.0. The molecule has 154 valence electrons. The average molecular weight is 423 g/mol. The Labute approximate surface area is 163 Å². The summed E-state index contributed by atoms with van der Waals surface area (Å²) in [5.41, 5.74) is 5.69. The predicted octanol–water partition coefficient (Wildman–Crippen LogP) is 4.20. The summed E-state index contributed by atoms with van der Waals surface area (Å²) in [5, 5.41) is -0.162. The zero-order valence-corrected chi connectivity index (χ0v) is 15.5. The molecule has 1 aromatic carbocycles. The Balaban J connectivity index is 1.89. The monoisotopic (exact) mass is 422 g/mol. The lowest BCUT2D eigenvalue weighted by Crippen LogP contribution is -2.39. The van der Waals surface area contributed by atoms with Crippen molar-refractivity contribution in [2.75, 3.05) is 6.54 Å². The van der Waals surface area contributed by atoms with E-state index in [-0.39, 0.29) is 43.2 Å². The summed E-state index contributed by atoms with van der Waals surface area (Å²) in [5.74, 6) is -3.17. The second-order valence-corrected chi connectivity index (χ2v) is 7.61. The fraction of sp³-hybridized carbons (Fsp3) is 0.556. The Morgan fingerprint density at radius 1 is 1.25 bits per heavy atom. The maximum Gasteiger partial charge on any atom is 0.411 e. The van der Waals surface area contributed by atoms with E-state index in [1.807, 2.05) is 0 Å². The summed E-state index contributed by atoms with van der Waals surface area (Å²) in [7, 11) is 0. The van der Waals surface area contributed by atoms with Crippen molar-refractivity contribution in [3.63, 3.8) is 0 Å². The van der Waals surface area contributed by atoms with Gasteiger partial charge in [0.1, 0.15) is 5.82 Å². The summed E-state index contributed by atoms with van der Waals surface area (Å²) < 4.78 is 57.6. The molecular weight excluding hydrogens is 404 g/mol. The number of amides is 2. The Bertz CT molecular complexity index is 766. The first kappa shape index (κ1) is 20.7. The van der Waals surface area contributed by atoms with Gasteiger partial charge in [-0.1, -0.05) is 17.7 Å². The van der Waals surface area contributed by atoms with Gasteiger partial charge in [0.05, 0.1) is 23.5 Å². The summed E-state index contributed by atoms with van der Waals surface area (Å²) >= 11 is 5.87. The van der Waals surface area contributed by atoms with Crippen LogP contribution in [-0.4, -0.2) is 35.7 Å². The number of carbonyl (C=O) groups excluding carboxylic acids is 2. The zero-order chi connectivity index (χ0) is 20.6. The molecule has 1 aliphatic carbocycles. The van der Waals surface area contributed by atoms with Crippen LogP contribution in [0.2, 0.25) is 5.02 Å². The number of carbonyl (C=O) groups is 2. The molecule has 1 saturated carbocycles. The number of nitrogens with two attached hydrogens (primary N) is 1. The van der Waals surface area contributed by atoms with E-state index in [9.17, 15) is 27.2 Å². The van der Waals surface area contributed by atoms with Crippen molar-refractivity contribution in [2.45, 2.75) is 44.0 Å². The molecule has 1 heterocycles. The summed E-state index contributed by atoms with van der Waals surface area (Å²) in [6, 6.07) is 3.23. The lowest BCUT2D eigenvalue weighted by atomic mass is 9.76. The molecule has 0 aromatic heterocycles. The quantitative estimate of drug-likeness (QED) is 0.739. The highest BCUT2D eigenvalue weighted by Crippen LogP contribution is 2.46. The molecule has 0 radical (unpaired) electrons. The van der Waals surface area contributed by atoms with E-state index in [4.69, 9.17) is 22.1 Å².